The molecule has 0 radical (unpaired) electrons. The van der Waals surface area contributed by atoms with Crippen LogP contribution in [0.15, 0.2) is 44.4 Å². The Morgan fingerprint density at radius 2 is 1.86 bits per heavy atom. The van der Waals surface area contributed by atoms with E-state index in [1.165, 1.54) is 27.8 Å². The van der Waals surface area contributed by atoms with Gasteiger partial charge in [0, 0.05) is 37.7 Å². The molecule has 2 aromatic rings. The number of non-ortho nitro benzene ring substituents is 1. The average Bonchev–Trinajstić information content (AvgIpc) is 3.13. The first-order valence-corrected chi connectivity index (χ1v) is 11.6. The van der Waals surface area contributed by atoms with E-state index in [9.17, 15) is 23.3 Å². The molecule has 1 aromatic carbocycles. The molecule has 2 heterocycles. The zero-order valence-electron chi connectivity index (χ0n) is 14.7. The van der Waals surface area contributed by atoms with Gasteiger partial charge in [0.1, 0.15) is 4.21 Å². The van der Waals surface area contributed by atoms with Crippen LogP contribution in [-0.2, 0) is 21.4 Å². The predicted molar refractivity (Wildman–Crippen MR) is 108 cm³/mol. The van der Waals surface area contributed by atoms with Gasteiger partial charge in [0.2, 0.25) is 5.91 Å². The Hall–Kier alpha value is -1.82. The third-order valence-corrected chi connectivity index (χ3v) is 8.57. The first kappa shape index (κ1) is 20.9. The Balaban J connectivity index is 1.51. The van der Waals surface area contributed by atoms with Gasteiger partial charge >= 0.3 is 0 Å². The molecule has 1 saturated heterocycles. The van der Waals surface area contributed by atoms with Crippen molar-refractivity contribution in [3.63, 3.8) is 0 Å². The number of piperidine rings is 1. The van der Waals surface area contributed by atoms with Gasteiger partial charge in [-0.1, -0.05) is 12.1 Å². The monoisotopic (exact) mass is 487 g/mol. The highest BCUT2D eigenvalue weighted by molar-refractivity contribution is 9.11. The highest BCUT2D eigenvalue weighted by Gasteiger charge is 2.32. The molecular formula is C17H18BrN3O5S2. The number of amides is 1. The van der Waals surface area contributed by atoms with Crippen molar-refractivity contribution >= 4 is 48.9 Å². The Bertz CT molecular complexity index is 967. The minimum absolute atomic E-state index is 0.00132. The second-order valence-corrected chi connectivity index (χ2v) is 11.0. The van der Waals surface area contributed by atoms with Crippen molar-refractivity contribution in [2.24, 2.45) is 5.92 Å². The van der Waals surface area contributed by atoms with E-state index < -0.39 is 14.9 Å². The fraction of sp³-hybridized carbons (Fsp3) is 0.353. The molecule has 0 saturated carbocycles. The van der Waals surface area contributed by atoms with E-state index in [1.54, 1.807) is 24.3 Å². The molecule has 8 nitrogen and oxygen atoms in total. The van der Waals surface area contributed by atoms with Crippen molar-refractivity contribution < 1.29 is 18.1 Å². The summed E-state index contributed by atoms with van der Waals surface area (Å²) in [4.78, 5) is 22.6. The summed E-state index contributed by atoms with van der Waals surface area (Å²) in [6.45, 7) is 0.875. The summed E-state index contributed by atoms with van der Waals surface area (Å²) in [5, 5.41) is 13.5. The summed E-state index contributed by atoms with van der Waals surface area (Å²) in [5.41, 5.74) is 0.767. The molecule has 0 atom stereocenters. The molecule has 1 fully saturated rings. The average molecular weight is 488 g/mol. The van der Waals surface area contributed by atoms with E-state index in [-0.39, 0.29) is 24.1 Å². The van der Waals surface area contributed by atoms with E-state index in [4.69, 9.17) is 0 Å². The highest BCUT2D eigenvalue weighted by Crippen LogP contribution is 2.30. The molecule has 28 heavy (non-hydrogen) atoms. The van der Waals surface area contributed by atoms with Gasteiger partial charge in [0.15, 0.2) is 0 Å². The van der Waals surface area contributed by atoms with Crippen molar-refractivity contribution in [2.45, 2.75) is 23.6 Å². The number of thiophene rings is 1. The number of nitro benzene ring substituents is 1. The molecule has 150 valence electrons. The van der Waals surface area contributed by atoms with Crippen molar-refractivity contribution in [3.8, 4) is 0 Å². The first-order chi connectivity index (χ1) is 13.3. The molecule has 1 aliphatic rings. The maximum Gasteiger partial charge on any atom is 0.269 e. The van der Waals surface area contributed by atoms with Crippen LogP contribution in [0.4, 0.5) is 5.69 Å². The number of carbonyl (C=O) groups excluding carboxylic acids is 1. The lowest BCUT2D eigenvalue weighted by atomic mass is 9.97. The third-order valence-electron chi connectivity index (χ3n) is 4.58. The number of nitro groups is 1. The van der Waals surface area contributed by atoms with Gasteiger partial charge in [0.05, 0.1) is 8.71 Å². The van der Waals surface area contributed by atoms with Gasteiger partial charge in [-0.25, -0.2) is 8.42 Å². The van der Waals surface area contributed by atoms with Crippen LogP contribution in [0.1, 0.15) is 18.4 Å². The predicted octanol–water partition coefficient (Wildman–Crippen LogP) is 3.14. The van der Waals surface area contributed by atoms with E-state index in [2.05, 4.69) is 21.2 Å². The number of nitrogens with zero attached hydrogens (tertiary/aromatic N) is 2. The SMILES string of the molecule is O=C(NCc1ccc([N+](=O)[O-])cc1)C1CCN(S(=O)(=O)c2ccc(Br)s2)CC1. The second-order valence-electron chi connectivity index (χ2n) is 6.38. The van der Waals surface area contributed by atoms with Crippen molar-refractivity contribution in [2.75, 3.05) is 13.1 Å². The minimum atomic E-state index is -3.52. The summed E-state index contributed by atoms with van der Waals surface area (Å²) < 4.78 is 27.7. The molecular weight excluding hydrogens is 470 g/mol. The summed E-state index contributed by atoms with van der Waals surface area (Å²) >= 11 is 4.44. The summed E-state index contributed by atoms with van der Waals surface area (Å²) in [7, 11) is -3.52. The lowest BCUT2D eigenvalue weighted by molar-refractivity contribution is -0.384. The maximum absolute atomic E-state index is 12.6. The van der Waals surface area contributed by atoms with Crippen LogP contribution >= 0.6 is 27.3 Å². The van der Waals surface area contributed by atoms with Crippen LogP contribution in [0.2, 0.25) is 0 Å². The fourth-order valence-corrected chi connectivity index (χ4v) is 6.62. The Morgan fingerprint density at radius 3 is 2.39 bits per heavy atom. The van der Waals surface area contributed by atoms with Gasteiger partial charge in [-0.05, 0) is 46.5 Å². The Labute approximate surface area is 174 Å². The zero-order valence-corrected chi connectivity index (χ0v) is 17.9. The molecule has 0 spiro atoms. The molecule has 1 N–H and O–H groups in total. The summed E-state index contributed by atoms with van der Waals surface area (Å²) in [6.07, 6.45) is 0.912. The van der Waals surface area contributed by atoms with Gasteiger partial charge in [-0.2, -0.15) is 4.31 Å². The van der Waals surface area contributed by atoms with Crippen LogP contribution < -0.4 is 5.32 Å². The van der Waals surface area contributed by atoms with E-state index in [0.29, 0.717) is 30.1 Å². The lowest BCUT2D eigenvalue weighted by Gasteiger charge is -2.30. The van der Waals surface area contributed by atoms with Gasteiger partial charge in [-0.15, -0.1) is 11.3 Å². The first-order valence-electron chi connectivity index (χ1n) is 8.54. The lowest BCUT2D eigenvalue weighted by Crippen LogP contribution is -2.42. The van der Waals surface area contributed by atoms with Crippen molar-refractivity contribution in [1.82, 2.24) is 9.62 Å². The number of sulfonamides is 1. The van der Waals surface area contributed by atoms with Crippen LogP contribution in [0.25, 0.3) is 0 Å². The van der Waals surface area contributed by atoms with Gasteiger partial charge in [-0.3, -0.25) is 14.9 Å². The number of carbonyl (C=O) groups is 1. The number of rotatable bonds is 6. The largest absolute Gasteiger partial charge is 0.352 e. The smallest absolute Gasteiger partial charge is 0.269 e. The Morgan fingerprint density at radius 1 is 1.21 bits per heavy atom. The molecule has 0 aliphatic carbocycles. The molecule has 1 aromatic heterocycles. The van der Waals surface area contributed by atoms with E-state index in [1.807, 2.05) is 0 Å². The molecule has 1 amide bonds. The van der Waals surface area contributed by atoms with Crippen LogP contribution in [0, 0.1) is 16.0 Å². The highest BCUT2D eigenvalue weighted by atomic mass is 79.9. The van der Waals surface area contributed by atoms with Gasteiger partial charge < -0.3 is 5.32 Å². The summed E-state index contributed by atoms with van der Waals surface area (Å²) in [6, 6.07) is 9.28. The fourth-order valence-electron chi connectivity index (χ4n) is 2.99. The van der Waals surface area contributed by atoms with E-state index >= 15 is 0 Å². The molecule has 1 aliphatic heterocycles. The number of halogens is 1. The standard InChI is InChI=1S/C17H18BrN3O5S2/c18-15-5-6-16(27-15)28(25,26)20-9-7-13(8-10-20)17(22)19-11-12-1-3-14(4-2-12)21(23)24/h1-6,13H,7-11H2,(H,19,22). The molecule has 3 rings (SSSR count). The van der Waals surface area contributed by atoms with Crippen LogP contribution in [0.5, 0.6) is 0 Å². The van der Waals surface area contributed by atoms with Crippen molar-refractivity contribution in [3.05, 3.63) is 55.9 Å². The molecule has 0 unspecified atom stereocenters. The second kappa shape index (κ2) is 8.68. The van der Waals surface area contributed by atoms with Crippen molar-refractivity contribution in [1.29, 1.82) is 0 Å². The van der Waals surface area contributed by atoms with E-state index in [0.717, 1.165) is 9.35 Å². The van der Waals surface area contributed by atoms with Crippen LogP contribution in [-0.4, -0.2) is 36.6 Å². The third kappa shape index (κ3) is 4.77. The van der Waals surface area contributed by atoms with Crippen LogP contribution in [0.3, 0.4) is 0 Å². The quantitative estimate of drug-likeness (QED) is 0.496. The summed E-state index contributed by atoms with van der Waals surface area (Å²) in [5.74, 6) is -0.381. The zero-order chi connectivity index (χ0) is 20.3. The number of nitrogens with one attached hydrogen (secondary N) is 1. The number of hydrogen-bond donors (Lipinski definition) is 1. The minimum Gasteiger partial charge on any atom is -0.352 e. The molecule has 11 heteroatoms. The number of benzene rings is 1. The topological polar surface area (TPSA) is 110 Å². The normalized spacial score (nSPS) is 16.0. The maximum atomic E-state index is 12.6. The molecule has 0 bridgehead atoms. The number of hydrogen-bond acceptors (Lipinski definition) is 6. The van der Waals surface area contributed by atoms with Gasteiger partial charge in [0.25, 0.3) is 15.7 Å². The Kier molecular flexibility index (Phi) is 6.48.